The Morgan fingerprint density at radius 2 is 1.76 bits per heavy atom. The van der Waals surface area contributed by atoms with E-state index < -0.39 is 17.6 Å². The maximum absolute atomic E-state index is 13.2. The molecule has 2 aromatic carbocycles. The maximum Gasteiger partial charge on any atom is 0.416 e. The third-order valence-corrected chi connectivity index (χ3v) is 6.57. The van der Waals surface area contributed by atoms with E-state index in [4.69, 9.17) is 0 Å². The van der Waals surface area contributed by atoms with Crippen LogP contribution in [0.1, 0.15) is 16.7 Å². The van der Waals surface area contributed by atoms with Crippen molar-refractivity contribution in [3.05, 3.63) is 81.0 Å². The predicted molar refractivity (Wildman–Crippen MR) is 125 cm³/mol. The average Bonchev–Trinajstić information content (AvgIpc) is 3.20. The zero-order chi connectivity index (χ0) is 23.8. The van der Waals surface area contributed by atoms with Crippen LogP contribution in [-0.4, -0.2) is 21.2 Å². The van der Waals surface area contributed by atoms with Gasteiger partial charge in [-0.1, -0.05) is 17.8 Å². The van der Waals surface area contributed by atoms with Gasteiger partial charge in [-0.3, -0.25) is 14.2 Å². The number of hydrogen-bond acceptors (Lipinski definition) is 5. The van der Waals surface area contributed by atoms with Gasteiger partial charge in [0.1, 0.15) is 4.70 Å². The summed E-state index contributed by atoms with van der Waals surface area (Å²) in [6.45, 7) is 3.87. The molecule has 0 fully saturated rings. The molecule has 170 valence electrons. The number of aryl methyl sites for hydroxylation is 2. The van der Waals surface area contributed by atoms with Crippen LogP contribution in [-0.2, 0) is 11.0 Å². The minimum atomic E-state index is -4.44. The standard InChI is InChI=1S/C23H18F3N3O2S2/c1-13-9-14(2)11-17(10-13)29-21(31)20-18(7-8-32-20)28-22(29)33-12-19(30)27-16-5-3-15(4-6-16)23(24,25)26/h3-11H,12H2,1-2H3,(H,27,30). The first-order valence-electron chi connectivity index (χ1n) is 9.80. The summed E-state index contributed by atoms with van der Waals surface area (Å²) in [5.74, 6) is -0.500. The molecule has 4 aromatic rings. The number of rotatable bonds is 5. The number of halogens is 3. The van der Waals surface area contributed by atoms with E-state index in [1.165, 1.54) is 28.0 Å². The first kappa shape index (κ1) is 23.1. The van der Waals surface area contributed by atoms with E-state index in [0.717, 1.165) is 35.0 Å². The minimum Gasteiger partial charge on any atom is -0.325 e. The first-order chi connectivity index (χ1) is 15.6. The second-order valence-corrected chi connectivity index (χ2v) is 9.29. The van der Waals surface area contributed by atoms with Gasteiger partial charge >= 0.3 is 6.18 Å². The van der Waals surface area contributed by atoms with Gasteiger partial charge in [0.25, 0.3) is 5.56 Å². The second kappa shape index (κ2) is 9.03. The molecule has 33 heavy (non-hydrogen) atoms. The monoisotopic (exact) mass is 489 g/mol. The number of aromatic nitrogens is 2. The quantitative estimate of drug-likeness (QED) is 0.284. The molecule has 0 aliphatic carbocycles. The number of fused-ring (bicyclic) bond motifs is 1. The Morgan fingerprint density at radius 1 is 1.09 bits per heavy atom. The number of nitrogens with one attached hydrogen (secondary N) is 1. The molecule has 0 aliphatic rings. The van der Waals surface area contributed by atoms with Gasteiger partial charge in [0.15, 0.2) is 5.16 Å². The van der Waals surface area contributed by atoms with Crippen LogP contribution in [0.15, 0.2) is 63.9 Å². The molecule has 0 atom stereocenters. The van der Waals surface area contributed by atoms with E-state index in [1.807, 2.05) is 32.0 Å². The van der Waals surface area contributed by atoms with Crippen molar-refractivity contribution in [2.75, 3.05) is 11.1 Å². The van der Waals surface area contributed by atoms with Crippen LogP contribution in [0.4, 0.5) is 18.9 Å². The highest BCUT2D eigenvalue weighted by atomic mass is 32.2. The summed E-state index contributed by atoms with van der Waals surface area (Å²) in [4.78, 5) is 30.2. The van der Waals surface area contributed by atoms with Gasteiger partial charge in [-0.15, -0.1) is 11.3 Å². The van der Waals surface area contributed by atoms with E-state index >= 15 is 0 Å². The van der Waals surface area contributed by atoms with Crippen LogP contribution in [0.5, 0.6) is 0 Å². The number of alkyl halides is 3. The number of thiophene rings is 1. The molecule has 0 unspecified atom stereocenters. The fraction of sp³-hybridized carbons (Fsp3) is 0.174. The topological polar surface area (TPSA) is 64.0 Å². The number of carbonyl (C=O) groups excluding carboxylic acids is 1. The van der Waals surface area contributed by atoms with Crippen LogP contribution in [0.25, 0.3) is 15.9 Å². The third kappa shape index (κ3) is 5.12. The fourth-order valence-electron chi connectivity index (χ4n) is 3.37. The lowest BCUT2D eigenvalue weighted by Crippen LogP contribution is -2.22. The smallest absolute Gasteiger partial charge is 0.325 e. The highest BCUT2D eigenvalue weighted by Crippen LogP contribution is 2.30. The molecule has 4 rings (SSSR count). The minimum absolute atomic E-state index is 0.0755. The zero-order valence-corrected chi connectivity index (χ0v) is 19.2. The highest BCUT2D eigenvalue weighted by molar-refractivity contribution is 7.99. The van der Waals surface area contributed by atoms with Crippen molar-refractivity contribution in [2.24, 2.45) is 0 Å². The molecule has 0 bridgehead atoms. The van der Waals surface area contributed by atoms with Crippen molar-refractivity contribution in [2.45, 2.75) is 25.2 Å². The lowest BCUT2D eigenvalue weighted by molar-refractivity contribution is -0.137. The Kier molecular flexibility index (Phi) is 6.31. The van der Waals surface area contributed by atoms with Crippen LogP contribution < -0.4 is 10.9 Å². The maximum atomic E-state index is 13.2. The molecule has 2 aromatic heterocycles. The van der Waals surface area contributed by atoms with Crippen molar-refractivity contribution in [1.29, 1.82) is 0 Å². The summed E-state index contributed by atoms with van der Waals surface area (Å²) in [5.41, 5.74) is 2.42. The summed E-state index contributed by atoms with van der Waals surface area (Å²) in [5, 5.41) is 4.72. The molecule has 1 amide bonds. The van der Waals surface area contributed by atoms with Crippen molar-refractivity contribution in [1.82, 2.24) is 9.55 Å². The Morgan fingerprint density at radius 3 is 2.39 bits per heavy atom. The number of amides is 1. The lowest BCUT2D eigenvalue weighted by Gasteiger charge is -2.13. The molecular formula is C23H18F3N3O2S2. The van der Waals surface area contributed by atoms with E-state index in [1.54, 1.807) is 11.4 Å². The average molecular weight is 490 g/mol. The summed E-state index contributed by atoms with van der Waals surface area (Å²) >= 11 is 2.39. The van der Waals surface area contributed by atoms with Crippen molar-refractivity contribution < 1.29 is 18.0 Å². The number of carbonyl (C=O) groups is 1. The zero-order valence-electron chi connectivity index (χ0n) is 17.6. The Hall–Kier alpha value is -3.11. The van der Waals surface area contributed by atoms with Gasteiger partial charge < -0.3 is 5.32 Å². The molecule has 5 nitrogen and oxygen atoms in total. The molecule has 0 spiro atoms. The largest absolute Gasteiger partial charge is 0.416 e. The number of benzene rings is 2. The lowest BCUT2D eigenvalue weighted by atomic mass is 10.1. The van der Waals surface area contributed by atoms with Gasteiger partial charge in [-0.05, 0) is 72.8 Å². The number of hydrogen-bond donors (Lipinski definition) is 1. The van der Waals surface area contributed by atoms with E-state index in [-0.39, 0.29) is 17.0 Å². The molecule has 0 aliphatic heterocycles. The van der Waals surface area contributed by atoms with E-state index in [0.29, 0.717) is 21.1 Å². The summed E-state index contributed by atoms with van der Waals surface area (Å²) in [7, 11) is 0. The summed E-state index contributed by atoms with van der Waals surface area (Å²) in [6.07, 6.45) is -4.44. The molecule has 0 radical (unpaired) electrons. The van der Waals surface area contributed by atoms with E-state index in [2.05, 4.69) is 10.3 Å². The summed E-state index contributed by atoms with van der Waals surface area (Å²) in [6, 6.07) is 11.7. The fourth-order valence-corrected chi connectivity index (χ4v) is 4.94. The second-order valence-electron chi connectivity index (χ2n) is 7.43. The molecule has 0 saturated heterocycles. The van der Waals surface area contributed by atoms with E-state index in [9.17, 15) is 22.8 Å². The van der Waals surface area contributed by atoms with Crippen molar-refractivity contribution in [3.8, 4) is 5.69 Å². The van der Waals surface area contributed by atoms with Crippen LogP contribution in [0, 0.1) is 13.8 Å². The first-order valence-corrected chi connectivity index (χ1v) is 11.7. The van der Waals surface area contributed by atoms with Crippen LogP contribution >= 0.6 is 23.1 Å². The molecule has 1 N–H and O–H groups in total. The Balaban J connectivity index is 1.59. The number of thioether (sulfide) groups is 1. The summed E-state index contributed by atoms with van der Waals surface area (Å²) < 4.78 is 40.2. The predicted octanol–water partition coefficient (Wildman–Crippen LogP) is 5.81. The van der Waals surface area contributed by atoms with Crippen molar-refractivity contribution >= 4 is 44.9 Å². The Bertz CT molecular complexity index is 1370. The molecule has 10 heteroatoms. The van der Waals surface area contributed by atoms with Gasteiger partial charge in [-0.2, -0.15) is 13.2 Å². The molecular weight excluding hydrogens is 471 g/mol. The number of anilines is 1. The number of nitrogens with zero attached hydrogens (tertiary/aromatic N) is 2. The SMILES string of the molecule is Cc1cc(C)cc(-n2c(SCC(=O)Nc3ccc(C(F)(F)F)cc3)nc3ccsc3c2=O)c1. The Labute approximate surface area is 195 Å². The van der Waals surface area contributed by atoms with Crippen LogP contribution in [0.2, 0.25) is 0 Å². The van der Waals surface area contributed by atoms with Gasteiger partial charge in [0.05, 0.1) is 22.5 Å². The van der Waals surface area contributed by atoms with Gasteiger partial charge in [-0.25, -0.2) is 4.98 Å². The van der Waals surface area contributed by atoms with Crippen molar-refractivity contribution in [3.63, 3.8) is 0 Å². The van der Waals surface area contributed by atoms with Gasteiger partial charge in [0, 0.05) is 5.69 Å². The highest BCUT2D eigenvalue weighted by Gasteiger charge is 2.30. The normalized spacial score (nSPS) is 11.7. The molecule has 2 heterocycles. The van der Waals surface area contributed by atoms with Gasteiger partial charge in [0.2, 0.25) is 5.91 Å². The van der Waals surface area contributed by atoms with Crippen LogP contribution in [0.3, 0.4) is 0 Å². The molecule has 0 saturated carbocycles. The third-order valence-electron chi connectivity index (χ3n) is 4.74.